The zero-order valence-electron chi connectivity index (χ0n) is 10.3. The van der Waals surface area contributed by atoms with Crippen LogP contribution in [0.1, 0.15) is 11.3 Å². The van der Waals surface area contributed by atoms with Gasteiger partial charge in [-0.05, 0) is 19.5 Å². The van der Waals surface area contributed by atoms with E-state index in [1.54, 1.807) is 4.90 Å². The van der Waals surface area contributed by atoms with E-state index in [-0.39, 0.29) is 11.5 Å². The highest BCUT2D eigenvalue weighted by Gasteiger charge is 2.35. The number of hydrogen-bond donors (Lipinski definition) is 0. The van der Waals surface area contributed by atoms with E-state index in [0.29, 0.717) is 13.1 Å². The van der Waals surface area contributed by atoms with Crippen molar-refractivity contribution in [3.05, 3.63) is 17.5 Å². The molecule has 0 spiro atoms. The van der Waals surface area contributed by atoms with Gasteiger partial charge in [0.25, 0.3) is 0 Å². The average molecular weight is 260 g/mol. The lowest BCUT2D eigenvalue weighted by molar-refractivity contribution is -0.141. The summed E-state index contributed by atoms with van der Waals surface area (Å²) in [4.78, 5) is 11.6. The highest BCUT2D eigenvalue weighted by molar-refractivity contribution is 5.34. The predicted molar refractivity (Wildman–Crippen MR) is 61.5 cm³/mol. The standard InChI is InChI=1S/C11H15F3N4/c1-8-7-15-10(16-9(8)11(12,13)14)18-5-3-17(2)4-6-18/h7H,3-6H2,1-2H3. The van der Waals surface area contributed by atoms with E-state index in [4.69, 9.17) is 0 Å². The fourth-order valence-corrected chi connectivity index (χ4v) is 1.88. The number of aromatic nitrogens is 2. The van der Waals surface area contributed by atoms with Gasteiger partial charge in [-0.1, -0.05) is 0 Å². The molecule has 2 heterocycles. The Labute approximate surface area is 103 Å². The van der Waals surface area contributed by atoms with Gasteiger partial charge < -0.3 is 9.80 Å². The Morgan fingerprint density at radius 1 is 1.17 bits per heavy atom. The Kier molecular flexibility index (Phi) is 3.43. The van der Waals surface area contributed by atoms with E-state index in [1.165, 1.54) is 13.1 Å². The molecule has 2 rings (SSSR count). The third kappa shape index (κ3) is 2.72. The first-order valence-electron chi connectivity index (χ1n) is 5.72. The maximum Gasteiger partial charge on any atom is 0.433 e. The number of rotatable bonds is 1. The van der Waals surface area contributed by atoms with Crippen LogP contribution in [0.15, 0.2) is 6.20 Å². The quantitative estimate of drug-likeness (QED) is 0.767. The third-order valence-electron chi connectivity index (χ3n) is 3.01. The lowest BCUT2D eigenvalue weighted by atomic mass is 10.2. The van der Waals surface area contributed by atoms with Crippen LogP contribution in [0.4, 0.5) is 19.1 Å². The van der Waals surface area contributed by atoms with Gasteiger partial charge in [-0.2, -0.15) is 13.2 Å². The largest absolute Gasteiger partial charge is 0.433 e. The van der Waals surface area contributed by atoms with E-state index in [9.17, 15) is 13.2 Å². The molecule has 1 aromatic rings. The normalized spacial score (nSPS) is 18.2. The SMILES string of the molecule is Cc1cnc(N2CCN(C)CC2)nc1C(F)(F)F. The molecule has 0 saturated carbocycles. The lowest BCUT2D eigenvalue weighted by Gasteiger charge is -2.32. The molecule has 18 heavy (non-hydrogen) atoms. The second-order valence-corrected chi connectivity index (χ2v) is 4.49. The van der Waals surface area contributed by atoms with Gasteiger partial charge in [0.15, 0.2) is 5.69 Å². The summed E-state index contributed by atoms with van der Waals surface area (Å²) in [6.07, 6.45) is -3.18. The minimum Gasteiger partial charge on any atom is -0.338 e. The molecular formula is C11H15F3N4. The van der Waals surface area contributed by atoms with Gasteiger partial charge in [0.2, 0.25) is 5.95 Å². The molecule has 0 atom stereocenters. The first kappa shape index (κ1) is 13.1. The first-order valence-corrected chi connectivity index (χ1v) is 5.72. The first-order chi connectivity index (χ1) is 8.38. The van der Waals surface area contributed by atoms with Crippen LogP contribution < -0.4 is 4.90 Å². The van der Waals surface area contributed by atoms with Crippen molar-refractivity contribution in [3.8, 4) is 0 Å². The average Bonchev–Trinajstić information content (AvgIpc) is 2.29. The second-order valence-electron chi connectivity index (χ2n) is 4.49. The van der Waals surface area contributed by atoms with Crippen LogP contribution in [0.2, 0.25) is 0 Å². The van der Waals surface area contributed by atoms with Gasteiger partial charge in [0, 0.05) is 32.4 Å². The van der Waals surface area contributed by atoms with Crippen LogP contribution in [-0.4, -0.2) is 48.1 Å². The van der Waals surface area contributed by atoms with Crippen molar-refractivity contribution in [2.45, 2.75) is 13.1 Å². The van der Waals surface area contributed by atoms with Crippen LogP contribution in [0, 0.1) is 6.92 Å². The van der Waals surface area contributed by atoms with Crippen molar-refractivity contribution >= 4 is 5.95 Å². The van der Waals surface area contributed by atoms with Gasteiger partial charge in [0.1, 0.15) is 0 Å². The smallest absolute Gasteiger partial charge is 0.338 e. The molecule has 1 aromatic heterocycles. The molecule has 0 aliphatic carbocycles. The number of hydrogen-bond acceptors (Lipinski definition) is 4. The van der Waals surface area contributed by atoms with Crippen molar-refractivity contribution in [2.24, 2.45) is 0 Å². The highest BCUT2D eigenvalue weighted by atomic mass is 19.4. The second kappa shape index (κ2) is 4.72. The zero-order chi connectivity index (χ0) is 13.3. The van der Waals surface area contributed by atoms with Crippen molar-refractivity contribution in [3.63, 3.8) is 0 Å². The molecule has 0 bridgehead atoms. The molecule has 0 N–H and O–H groups in total. The molecule has 4 nitrogen and oxygen atoms in total. The van der Waals surface area contributed by atoms with Gasteiger partial charge in [0.05, 0.1) is 0 Å². The molecular weight excluding hydrogens is 245 g/mol. The Morgan fingerprint density at radius 2 is 1.78 bits per heavy atom. The summed E-state index contributed by atoms with van der Waals surface area (Å²) in [6.45, 7) is 4.28. The van der Waals surface area contributed by atoms with E-state index in [0.717, 1.165) is 13.1 Å². The van der Waals surface area contributed by atoms with Crippen molar-refractivity contribution in [1.82, 2.24) is 14.9 Å². The Balaban J connectivity index is 2.24. The van der Waals surface area contributed by atoms with Gasteiger partial charge in [-0.15, -0.1) is 0 Å². The van der Waals surface area contributed by atoms with Gasteiger partial charge >= 0.3 is 6.18 Å². The van der Waals surface area contributed by atoms with E-state index < -0.39 is 11.9 Å². The van der Waals surface area contributed by atoms with E-state index >= 15 is 0 Å². The molecule has 1 fully saturated rings. The van der Waals surface area contributed by atoms with Crippen molar-refractivity contribution < 1.29 is 13.2 Å². The minimum atomic E-state index is -4.42. The summed E-state index contributed by atoms with van der Waals surface area (Å²) < 4.78 is 38.2. The molecule has 100 valence electrons. The number of anilines is 1. The summed E-state index contributed by atoms with van der Waals surface area (Å²) in [7, 11) is 1.98. The van der Waals surface area contributed by atoms with Gasteiger partial charge in [-0.25, -0.2) is 9.97 Å². The summed E-state index contributed by atoms with van der Waals surface area (Å²) in [5, 5.41) is 0. The number of nitrogens with zero attached hydrogens (tertiary/aromatic N) is 4. The molecule has 0 amide bonds. The van der Waals surface area contributed by atoms with Gasteiger partial charge in [-0.3, -0.25) is 0 Å². The third-order valence-corrected chi connectivity index (χ3v) is 3.01. The summed E-state index contributed by atoms with van der Waals surface area (Å²) in [5.41, 5.74) is -0.785. The molecule has 0 aromatic carbocycles. The molecule has 1 aliphatic rings. The fourth-order valence-electron chi connectivity index (χ4n) is 1.88. The summed E-state index contributed by atoms with van der Waals surface area (Å²) in [6, 6.07) is 0. The summed E-state index contributed by atoms with van der Waals surface area (Å²) >= 11 is 0. The number of piperazine rings is 1. The fraction of sp³-hybridized carbons (Fsp3) is 0.636. The maximum atomic E-state index is 12.7. The number of halogens is 3. The summed E-state index contributed by atoms with van der Waals surface area (Å²) in [5.74, 6) is 0.168. The monoisotopic (exact) mass is 260 g/mol. The van der Waals surface area contributed by atoms with E-state index in [1.807, 2.05) is 7.05 Å². The van der Waals surface area contributed by atoms with Crippen LogP contribution >= 0.6 is 0 Å². The maximum absolute atomic E-state index is 12.7. The van der Waals surface area contributed by atoms with Crippen LogP contribution in [0.3, 0.4) is 0 Å². The van der Waals surface area contributed by atoms with Crippen LogP contribution in [0.5, 0.6) is 0 Å². The van der Waals surface area contributed by atoms with Crippen LogP contribution in [0.25, 0.3) is 0 Å². The predicted octanol–water partition coefficient (Wildman–Crippen LogP) is 1.56. The number of likely N-dealkylation sites (N-methyl/N-ethyl adjacent to an activating group) is 1. The molecule has 0 radical (unpaired) electrons. The number of aryl methyl sites for hydroxylation is 1. The molecule has 7 heteroatoms. The van der Waals surface area contributed by atoms with E-state index in [2.05, 4.69) is 14.9 Å². The number of alkyl halides is 3. The topological polar surface area (TPSA) is 32.3 Å². The van der Waals surface area contributed by atoms with Crippen LogP contribution in [-0.2, 0) is 6.18 Å². The lowest BCUT2D eigenvalue weighted by Crippen LogP contribution is -2.45. The zero-order valence-corrected chi connectivity index (χ0v) is 10.3. The Morgan fingerprint density at radius 3 is 2.33 bits per heavy atom. The highest BCUT2D eigenvalue weighted by Crippen LogP contribution is 2.30. The minimum absolute atomic E-state index is 0.0559. The Hall–Kier alpha value is -1.37. The molecule has 1 saturated heterocycles. The molecule has 1 aliphatic heterocycles. The van der Waals surface area contributed by atoms with Crippen molar-refractivity contribution in [2.75, 3.05) is 38.1 Å². The Bertz CT molecular complexity index is 425. The van der Waals surface area contributed by atoms with Crippen molar-refractivity contribution in [1.29, 1.82) is 0 Å². The molecule has 0 unspecified atom stereocenters.